The maximum atomic E-state index is 10.9. The minimum absolute atomic E-state index is 0.0452. The lowest BCUT2D eigenvalue weighted by molar-refractivity contribution is 0.136. The molecule has 1 aliphatic rings. The van der Waals surface area contributed by atoms with Gasteiger partial charge < -0.3 is 19.5 Å². The second-order valence-electron chi connectivity index (χ2n) is 4.16. The Balaban J connectivity index is 2.00. The molecule has 0 spiro atoms. The summed E-state index contributed by atoms with van der Waals surface area (Å²) in [5.41, 5.74) is 0. The van der Waals surface area contributed by atoms with Crippen molar-refractivity contribution >= 4 is 6.09 Å². The van der Waals surface area contributed by atoms with E-state index in [2.05, 4.69) is 9.97 Å². The Morgan fingerprint density at radius 1 is 1.50 bits per heavy atom. The third-order valence-corrected chi connectivity index (χ3v) is 2.90. The summed E-state index contributed by atoms with van der Waals surface area (Å²) >= 11 is 0. The lowest BCUT2D eigenvalue weighted by Gasteiger charge is -2.16. The minimum atomic E-state index is -0.922. The van der Waals surface area contributed by atoms with Gasteiger partial charge in [-0.3, -0.25) is 0 Å². The van der Waals surface area contributed by atoms with Gasteiger partial charge in [-0.2, -0.15) is 0 Å². The number of likely N-dealkylation sites (tertiary alicyclic amines) is 1. The van der Waals surface area contributed by atoms with Crippen LogP contribution in [0.15, 0.2) is 12.4 Å². The Bertz CT molecular complexity index is 440. The van der Waals surface area contributed by atoms with E-state index in [0.29, 0.717) is 24.7 Å². The standard InChI is InChI=1S/C11H15N3O4/c1-7-3-8(5-14(7)11(15)16)18-10-4-9(17-2)12-6-13-10/h4,6-8H,3,5H2,1-2H3,(H,15,16)/t7-,8+/m0/s1. The zero-order valence-corrected chi connectivity index (χ0v) is 10.2. The van der Waals surface area contributed by atoms with E-state index in [0.717, 1.165) is 0 Å². The highest BCUT2D eigenvalue weighted by molar-refractivity contribution is 5.65. The van der Waals surface area contributed by atoms with Crippen molar-refractivity contribution in [3.8, 4) is 11.8 Å². The second kappa shape index (κ2) is 5.07. The Morgan fingerprint density at radius 3 is 2.83 bits per heavy atom. The highest BCUT2D eigenvalue weighted by Gasteiger charge is 2.33. The van der Waals surface area contributed by atoms with Crippen LogP contribution in [0.2, 0.25) is 0 Å². The topological polar surface area (TPSA) is 84.8 Å². The van der Waals surface area contributed by atoms with Crippen LogP contribution in [0.5, 0.6) is 11.8 Å². The molecule has 0 saturated carbocycles. The fourth-order valence-corrected chi connectivity index (χ4v) is 2.00. The van der Waals surface area contributed by atoms with Gasteiger partial charge in [0.15, 0.2) is 0 Å². The summed E-state index contributed by atoms with van der Waals surface area (Å²) in [5, 5.41) is 8.97. The van der Waals surface area contributed by atoms with Gasteiger partial charge in [0, 0.05) is 12.5 Å². The van der Waals surface area contributed by atoms with E-state index in [9.17, 15) is 4.79 Å². The average Bonchev–Trinajstić information content (AvgIpc) is 2.70. The smallest absolute Gasteiger partial charge is 0.407 e. The molecule has 0 unspecified atom stereocenters. The lowest BCUT2D eigenvalue weighted by Crippen LogP contribution is -2.33. The summed E-state index contributed by atoms with van der Waals surface area (Å²) in [6, 6.07) is 1.53. The van der Waals surface area contributed by atoms with Gasteiger partial charge in [-0.05, 0) is 6.92 Å². The van der Waals surface area contributed by atoms with Crippen molar-refractivity contribution in [2.24, 2.45) is 0 Å². The average molecular weight is 253 g/mol. The maximum absolute atomic E-state index is 10.9. The highest BCUT2D eigenvalue weighted by atomic mass is 16.5. The van der Waals surface area contributed by atoms with Gasteiger partial charge in [-0.1, -0.05) is 0 Å². The molecule has 1 aliphatic heterocycles. The Hall–Kier alpha value is -2.05. The molecule has 1 N–H and O–H groups in total. The predicted molar refractivity (Wildman–Crippen MR) is 61.8 cm³/mol. The van der Waals surface area contributed by atoms with E-state index in [1.54, 1.807) is 6.07 Å². The molecule has 2 rings (SSSR count). The first kappa shape index (κ1) is 12.4. The number of rotatable bonds is 3. The summed E-state index contributed by atoms with van der Waals surface area (Å²) in [6.45, 7) is 2.21. The fraction of sp³-hybridized carbons (Fsp3) is 0.545. The van der Waals surface area contributed by atoms with Gasteiger partial charge in [0.2, 0.25) is 11.8 Å². The van der Waals surface area contributed by atoms with Crippen molar-refractivity contribution in [3.63, 3.8) is 0 Å². The molecule has 1 amide bonds. The zero-order valence-electron chi connectivity index (χ0n) is 10.2. The number of ether oxygens (including phenoxy) is 2. The molecule has 2 heterocycles. The van der Waals surface area contributed by atoms with Crippen LogP contribution in [0, 0.1) is 0 Å². The van der Waals surface area contributed by atoms with Crippen LogP contribution in [0.1, 0.15) is 13.3 Å². The summed E-state index contributed by atoms with van der Waals surface area (Å²) in [5.74, 6) is 0.812. The number of amides is 1. The van der Waals surface area contributed by atoms with Gasteiger partial charge in [0.05, 0.1) is 19.7 Å². The molecular weight excluding hydrogens is 238 g/mol. The summed E-state index contributed by atoms with van der Waals surface area (Å²) < 4.78 is 10.6. The van der Waals surface area contributed by atoms with Gasteiger partial charge in [0.1, 0.15) is 12.4 Å². The third-order valence-electron chi connectivity index (χ3n) is 2.90. The first-order valence-corrected chi connectivity index (χ1v) is 5.62. The van der Waals surface area contributed by atoms with E-state index in [-0.39, 0.29) is 12.1 Å². The van der Waals surface area contributed by atoms with E-state index in [1.807, 2.05) is 6.92 Å². The van der Waals surface area contributed by atoms with Crippen molar-refractivity contribution in [2.75, 3.05) is 13.7 Å². The molecule has 0 radical (unpaired) electrons. The molecular formula is C11H15N3O4. The van der Waals surface area contributed by atoms with E-state index >= 15 is 0 Å². The van der Waals surface area contributed by atoms with Crippen molar-refractivity contribution in [3.05, 3.63) is 12.4 Å². The van der Waals surface area contributed by atoms with Crippen LogP contribution in [0.4, 0.5) is 4.79 Å². The molecule has 18 heavy (non-hydrogen) atoms. The minimum Gasteiger partial charge on any atom is -0.481 e. The van der Waals surface area contributed by atoms with Gasteiger partial charge >= 0.3 is 6.09 Å². The number of aromatic nitrogens is 2. The van der Waals surface area contributed by atoms with Gasteiger partial charge in [-0.15, -0.1) is 0 Å². The number of methoxy groups -OCH3 is 1. The Kier molecular flexibility index (Phi) is 3.50. The fourth-order valence-electron chi connectivity index (χ4n) is 2.00. The van der Waals surface area contributed by atoms with Gasteiger partial charge in [0.25, 0.3) is 0 Å². The van der Waals surface area contributed by atoms with Crippen LogP contribution in [0.3, 0.4) is 0 Å². The van der Waals surface area contributed by atoms with Crippen LogP contribution in [-0.2, 0) is 0 Å². The molecule has 2 atom stereocenters. The molecule has 0 bridgehead atoms. The summed E-state index contributed by atoms with van der Waals surface area (Å²) in [4.78, 5) is 20.1. The van der Waals surface area contributed by atoms with Crippen LogP contribution in [-0.4, -0.2) is 51.9 Å². The van der Waals surface area contributed by atoms with Crippen molar-refractivity contribution < 1.29 is 19.4 Å². The number of nitrogens with zero attached hydrogens (tertiary/aromatic N) is 3. The molecule has 1 aromatic heterocycles. The largest absolute Gasteiger partial charge is 0.481 e. The second-order valence-corrected chi connectivity index (χ2v) is 4.16. The Morgan fingerprint density at radius 2 is 2.22 bits per heavy atom. The monoisotopic (exact) mass is 253 g/mol. The summed E-state index contributed by atoms with van der Waals surface area (Å²) in [6.07, 6.45) is 0.893. The molecule has 7 nitrogen and oxygen atoms in total. The van der Waals surface area contributed by atoms with Crippen molar-refractivity contribution in [1.82, 2.24) is 14.9 Å². The molecule has 0 aromatic carbocycles. The maximum Gasteiger partial charge on any atom is 0.407 e. The normalized spacial score (nSPS) is 22.9. The van der Waals surface area contributed by atoms with E-state index < -0.39 is 6.09 Å². The van der Waals surface area contributed by atoms with E-state index in [4.69, 9.17) is 14.6 Å². The number of hydrogen-bond acceptors (Lipinski definition) is 5. The summed E-state index contributed by atoms with van der Waals surface area (Å²) in [7, 11) is 1.51. The zero-order chi connectivity index (χ0) is 13.1. The lowest BCUT2D eigenvalue weighted by atomic mass is 10.2. The highest BCUT2D eigenvalue weighted by Crippen LogP contribution is 2.22. The van der Waals surface area contributed by atoms with Crippen LogP contribution < -0.4 is 9.47 Å². The van der Waals surface area contributed by atoms with E-state index in [1.165, 1.54) is 18.3 Å². The van der Waals surface area contributed by atoms with Crippen molar-refractivity contribution in [2.45, 2.75) is 25.5 Å². The number of carboxylic acid groups (broad SMARTS) is 1. The first-order valence-electron chi connectivity index (χ1n) is 5.62. The van der Waals surface area contributed by atoms with Crippen molar-refractivity contribution in [1.29, 1.82) is 0 Å². The number of carbonyl (C=O) groups is 1. The predicted octanol–water partition coefficient (Wildman–Crippen LogP) is 1.00. The molecule has 0 aliphatic carbocycles. The third kappa shape index (κ3) is 2.61. The molecule has 1 aromatic rings. The van der Waals surface area contributed by atoms with Crippen LogP contribution in [0.25, 0.3) is 0 Å². The molecule has 7 heteroatoms. The molecule has 1 fully saturated rings. The van der Waals surface area contributed by atoms with Crippen LogP contribution >= 0.6 is 0 Å². The Labute approximate surface area is 104 Å². The quantitative estimate of drug-likeness (QED) is 0.865. The SMILES string of the molecule is COc1cc(O[C@@H]2C[C@H](C)N(C(=O)O)C2)ncn1. The first-order chi connectivity index (χ1) is 8.60. The van der Waals surface area contributed by atoms with Gasteiger partial charge in [-0.25, -0.2) is 14.8 Å². The molecule has 98 valence electrons. The number of hydrogen-bond donors (Lipinski definition) is 1. The molecule has 1 saturated heterocycles.